The lowest BCUT2D eigenvalue weighted by Gasteiger charge is -2.15. The highest BCUT2D eigenvalue weighted by atomic mass is 16.4. The number of carboxylic acid groups (broad SMARTS) is 1. The van der Waals surface area contributed by atoms with Gasteiger partial charge in [0.05, 0.1) is 0 Å². The first-order chi connectivity index (χ1) is 7.68. The SMILES string of the molecule is Cc1ccnc(NC2CCCC2)c1C(=O)O. The lowest BCUT2D eigenvalue weighted by Crippen LogP contribution is -2.18. The number of pyridine rings is 1. The summed E-state index contributed by atoms with van der Waals surface area (Å²) in [5.41, 5.74) is 1.05. The molecule has 1 aliphatic rings. The summed E-state index contributed by atoms with van der Waals surface area (Å²) in [6, 6.07) is 2.11. The van der Waals surface area contributed by atoms with Crippen molar-refractivity contribution in [3.63, 3.8) is 0 Å². The van der Waals surface area contributed by atoms with Crippen LogP contribution < -0.4 is 5.32 Å². The number of nitrogens with zero attached hydrogens (tertiary/aromatic N) is 1. The largest absolute Gasteiger partial charge is 0.478 e. The fourth-order valence-corrected chi connectivity index (χ4v) is 2.20. The second-order valence-electron chi connectivity index (χ2n) is 4.28. The summed E-state index contributed by atoms with van der Waals surface area (Å²) < 4.78 is 0. The minimum Gasteiger partial charge on any atom is -0.478 e. The highest BCUT2D eigenvalue weighted by Crippen LogP contribution is 2.24. The van der Waals surface area contributed by atoms with Crippen LogP contribution in [0.25, 0.3) is 0 Å². The summed E-state index contributed by atoms with van der Waals surface area (Å²) in [5, 5.41) is 12.4. The highest BCUT2D eigenvalue weighted by molar-refractivity contribution is 5.94. The Morgan fingerprint density at radius 2 is 2.19 bits per heavy atom. The van der Waals surface area contributed by atoms with Crippen molar-refractivity contribution in [1.29, 1.82) is 0 Å². The Morgan fingerprint density at radius 1 is 1.50 bits per heavy atom. The third kappa shape index (κ3) is 2.15. The van der Waals surface area contributed by atoms with Gasteiger partial charge in [-0.2, -0.15) is 0 Å². The van der Waals surface area contributed by atoms with Crippen LogP contribution in [-0.4, -0.2) is 22.1 Å². The molecule has 0 radical (unpaired) electrons. The van der Waals surface area contributed by atoms with E-state index in [1.807, 2.05) is 0 Å². The first-order valence-corrected chi connectivity index (χ1v) is 5.64. The predicted molar refractivity (Wildman–Crippen MR) is 61.8 cm³/mol. The van der Waals surface area contributed by atoms with E-state index in [0.717, 1.165) is 18.4 Å². The molecule has 1 aliphatic carbocycles. The second kappa shape index (κ2) is 4.51. The van der Waals surface area contributed by atoms with E-state index in [2.05, 4.69) is 10.3 Å². The fraction of sp³-hybridized carbons (Fsp3) is 0.500. The summed E-state index contributed by atoms with van der Waals surface area (Å²) in [4.78, 5) is 15.3. The van der Waals surface area contributed by atoms with Gasteiger partial charge in [0.2, 0.25) is 0 Å². The van der Waals surface area contributed by atoms with Crippen molar-refractivity contribution in [2.24, 2.45) is 0 Å². The number of carbonyl (C=O) groups is 1. The van der Waals surface area contributed by atoms with Crippen LogP contribution in [0.3, 0.4) is 0 Å². The fourth-order valence-electron chi connectivity index (χ4n) is 2.20. The minimum atomic E-state index is -0.911. The Hall–Kier alpha value is -1.58. The molecule has 1 aromatic rings. The van der Waals surface area contributed by atoms with Gasteiger partial charge in [0.1, 0.15) is 11.4 Å². The van der Waals surface area contributed by atoms with Crippen molar-refractivity contribution >= 4 is 11.8 Å². The predicted octanol–water partition coefficient (Wildman–Crippen LogP) is 2.44. The van der Waals surface area contributed by atoms with Crippen molar-refractivity contribution < 1.29 is 9.90 Å². The van der Waals surface area contributed by atoms with Gasteiger partial charge in [0, 0.05) is 12.2 Å². The molecule has 4 nitrogen and oxygen atoms in total. The molecule has 16 heavy (non-hydrogen) atoms. The number of anilines is 1. The van der Waals surface area contributed by atoms with E-state index < -0.39 is 5.97 Å². The molecule has 0 spiro atoms. The number of rotatable bonds is 3. The number of nitrogens with one attached hydrogen (secondary N) is 1. The first-order valence-electron chi connectivity index (χ1n) is 5.64. The molecule has 1 fully saturated rings. The Balaban J connectivity index is 2.25. The third-order valence-electron chi connectivity index (χ3n) is 3.07. The minimum absolute atomic E-state index is 0.300. The summed E-state index contributed by atoms with van der Waals surface area (Å²) in [6.45, 7) is 1.80. The van der Waals surface area contributed by atoms with Crippen LogP contribution >= 0.6 is 0 Å². The molecule has 0 amide bonds. The highest BCUT2D eigenvalue weighted by Gasteiger charge is 2.19. The van der Waals surface area contributed by atoms with Gasteiger partial charge in [-0.1, -0.05) is 12.8 Å². The van der Waals surface area contributed by atoms with E-state index in [4.69, 9.17) is 5.11 Å². The lowest BCUT2D eigenvalue weighted by molar-refractivity contribution is 0.0697. The van der Waals surface area contributed by atoms with Crippen LogP contribution in [0.2, 0.25) is 0 Å². The topological polar surface area (TPSA) is 62.2 Å². The molecule has 4 heteroatoms. The molecule has 2 N–H and O–H groups in total. The Morgan fingerprint density at radius 3 is 2.81 bits per heavy atom. The van der Waals surface area contributed by atoms with Crippen molar-refractivity contribution in [2.75, 3.05) is 5.32 Å². The molecule has 0 aromatic carbocycles. The van der Waals surface area contributed by atoms with E-state index >= 15 is 0 Å². The van der Waals surface area contributed by atoms with E-state index in [1.54, 1.807) is 19.2 Å². The standard InChI is InChI=1S/C12H16N2O2/c1-8-6-7-13-11(10(8)12(15)16)14-9-4-2-3-5-9/h6-7,9H,2-5H2,1H3,(H,13,14)(H,15,16). The van der Waals surface area contributed by atoms with Crippen molar-refractivity contribution in [1.82, 2.24) is 4.98 Å². The molecule has 0 unspecified atom stereocenters. The maximum atomic E-state index is 11.1. The number of hydrogen-bond acceptors (Lipinski definition) is 3. The van der Waals surface area contributed by atoms with Gasteiger partial charge in [-0.15, -0.1) is 0 Å². The zero-order chi connectivity index (χ0) is 11.5. The molecule has 0 aliphatic heterocycles. The Kier molecular flexibility index (Phi) is 3.08. The number of aryl methyl sites for hydroxylation is 1. The van der Waals surface area contributed by atoms with Gasteiger partial charge in [0.15, 0.2) is 0 Å². The Bertz CT molecular complexity index is 398. The average Bonchev–Trinajstić information content (AvgIpc) is 2.70. The number of carboxylic acids is 1. The molecule has 0 saturated heterocycles. The number of aromatic nitrogens is 1. The van der Waals surface area contributed by atoms with Gasteiger partial charge in [-0.3, -0.25) is 0 Å². The molecule has 0 atom stereocenters. The van der Waals surface area contributed by atoms with Gasteiger partial charge in [-0.25, -0.2) is 9.78 Å². The van der Waals surface area contributed by atoms with Gasteiger partial charge in [-0.05, 0) is 31.4 Å². The van der Waals surface area contributed by atoms with E-state index in [-0.39, 0.29) is 0 Å². The van der Waals surface area contributed by atoms with Crippen LogP contribution in [0.15, 0.2) is 12.3 Å². The van der Waals surface area contributed by atoms with Gasteiger partial charge < -0.3 is 10.4 Å². The smallest absolute Gasteiger partial charge is 0.339 e. The van der Waals surface area contributed by atoms with Gasteiger partial charge >= 0.3 is 5.97 Å². The summed E-state index contributed by atoms with van der Waals surface area (Å²) in [6.07, 6.45) is 6.29. The molecule has 1 saturated carbocycles. The maximum Gasteiger partial charge on any atom is 0.339 e. The van der Waals surface area contributed by atoms with Crippen molar-refractivity contribution in [3.8, 4) is 0 Å². The number of hydrogen-bond donors (Lipinski definition) is 2. The van der Waals surface area contributed by atoms with Crippen molar-refractivity contribution in [2.45, 2.75) is 38.6 Å². The Labute approximate surface area is 94.7 Å². The zero-order valence-corrected chi connectivity index (χ0v) is 9.36. The molecule has 1 heterocycles. The average molecular weight is 220 g/mol. The molecule has 0 bridgehead atoms. The zero-order valence-electron chi connectivity index (χ0n) is 9.36. The summed E-state index contributed by atoms with van der Waals surface area (Å²) in [7, 11) is 0. The lowest BCUT2D eigenvalue weighted by atomic mass is 10.1. The van der Waals surface area contributed by atoms with E-state index in [0.29, 0.717) is 17.4 Å². The third-order valence-corrected chi connectivity index (χ3v) is 3.07. The molecule has 2 rings (SSSR count). The van der Waals surface area contributed by atoms with Crippen LogP contribution in [0.1, 0.15) is 41.6 Å². The molecular formula is C12H16N2O2. The monoisotopic (exact) mass is 220 g/mol. The quantitative estimate of drug-likeness (QED) is 0.821. The van der Waals surface area contributed by atoms with E-state index in [1.165, 1.54) is 12.8 Å². The maximum absolute atomic E-state index is 11.1. The number of aromatic carboxylic acids is 1. The second-order valence-corrected chi connectivity index (χ2v) is 4.28. The van der Waals surface area contributed by atoms with Crippen LogP contribution in [-0.2, 0) is 0 Å². The van der Waals surface area contributed by atoms with E-state index in [9.17, 15) is 4.79 Å². The van der Waals surface area contributed by atoms with Gasteiger partial charge in [0.25, 0.3) is 0 Å². The van der Waals surface area contributed by atoms with Crippen molar-refractivity contribution in [3.05, 3.63) is 23.4 Å². The summed E-state index contributed by atoms with van der Waals surface area (Å²) in [5.74, 6) is -0.398. The summed E-state index contributed by atoms with van der Waals surface area (Å²) >= 11 is 0. The van der Waals surface area contributed by atoms with Crippen LogP contribution in [0.5, 0.6) is 0 Å². The molecular weight excluding hydrogens is 204 g/mol. The van der Waals surface area contributed by atoms with Crippen LogP contribution in [0.4, 0.5) is 5.82 Å². The normalized spacial score (nSPS) is 16.3. The van der Waals surface area contributed by atoms with Crippen LogP contribution in [0, 0.1) is 6.92 Å². The molecule has 86 valence electrons. The first kappa shape index (κ1) is 10.9. The molecule has 1 aromatic heterocycles.